The third-order valence-electron chi connectivity index (χ3n) is 2.52. The van der Waals surface area contributed by atoms with Crippen LogP contribution in [0.3, 0.4) is 0 Å². The second-order valence-corrected chi connectivity index (χ2v) is 4.34. The van der Waals surface area contributed by atoms with E-state index in [9.17, 15) is 18.0 Å². The molecule has 20 heavy (non-hydrogen) atoms. The van der Waals surface area contributed by atoms with Crippen LogP contribution in [0.1, 0.15) is 10.4 Å². The van der Waals surface area contributed by atoms with Gasteiger partial charge in [-0.05, 0) is 30.3 Å². The number of halogens is 4. The number of benzene rings is 2. The highest BCUT2D eigenvalue weighted by Crippen LogP contribution is 2.24. The molecule has 0 aromatic heterocycles. The first kappa shape index (κ1) is 14.2. The van der Waals surface area contributed by atoms with Crippen molar-refractivity contribution >= 4 is 28.9 Å². The van der Waals surface area contributed by atoms with Crippen molar-refractivity contribution in [1.29, 1.82) is 0 Å². The summed E-state index contributed by atoms with van der Waals surface area (Å²) in [5, 5.41) is 2.35. The molecule has 7 heteroatoms. The molecule has 0 heterocycles. The smallest absolute Gasteiger partial charge is 0.255 e. The molecule has 0 saturated heterocycles. The van der Waals surface area contributed by atoms with Crippen LogP contribution in [-0.2, 0) is 0 Å². The first-order valence-corrected chi connectivity index (χ1v) is 5.77. The van der Waals surface area contributed by atoms with Gasteiger partial charge in [-0.1, -0.05) is 11.6 Å². The number of rotatable bonds is 2. The van der Waals surface area contributed by atoms with E-state index in [4.69, 9.17) is 17.3 Å². The Morgan fingerprint density at radius 2 is 1.70 bits per heavy atom. The molecule has 104 valence electrons. The number of hydrogen-bond acceptors (Lipinski definition) is 2. The van der Waals surface area contributed by atoms with Crippen molar-refractivity contribution in [3.05, 3.63) is 58.4 Å². The van der Waals surface area contributed by atoms with Crippen LogP contribution < -0.4 is 11.1 Å². The van der Waals surface area contributed by atoms with Gasteiger partial charge in [-0.25, -0.2) is 13.2 Å². The Bertz CT molecular complexity index is 668. The van der Waals surface area contributed by atoms with Gasteiger partial charge >= 0.3 is 0 Å². The first-order valence-electron chi connectivity index (χ1n) is 5.39. The van der Waals surface area contributed by atoms with Crippen LogP contribution in [0.15, 0.2) is 30.3 Å². The van der Waals surface area contributed by atoms with Crippen molar-refractivity contribution in [3.63, 3.8) is 0 Å². The van der Waals surface area contributed by atoms with Crippen molar-refractivity contribution in [2.24, 2.45) is 0 Å². The van der Waals surface area contributed by atoms with Gasteiger partial charge in [0.15, 0.2) is 0 Å². The number of carbonyl (C=O) groups is 1. The number of amides is 1. The topological polar surface area (TPSA) is 55.1 Å². The van der Waals surface area contributed by atoms with E-state index in [2.05, 4.69) is 5.32 Å². The second kappa shape index (κ2) is 5.42. The fourth-order valence-electron chi connectivity index (χ4n) is 1.50. The van der Waals surface area contributed by atoms with E-state index in [0.29, 0.717) is 0 Å². The number of nitrogens with one attached hydrogen (secondary N) is 1. The molecule has 0 unspecified atom stereocenters. The Morgan fingerprint density at radius 1 is 1.10 bits per heavy atom. The van der Waals surface area contributed by atoms with Gasteiger partial charge in [0.1, 0.15) is 23.1 Å². The summed E-state index contributed by atoms with van der Waals surface area (Å²) in [4.78, 5) is 11.8. The molecule has 0 atom stereocenters. The van der Waals surface area contributed by atoms with E-state index in [1.165, 1.54) is 6.07 Å². The van der Waals surface area contributed by atoms with Crippen LogP contribution in [0.5, 0.6) is 0 Å². The summed E-state index contributed by atoms with van der Waals surface area (Å²) in [6.45, 7) is 0. The van der Waals surface area contributed by atoms with Gasteiger partial charge in [-0.15, -0.1) is 0 Å². The Morgan fingerprint density at radius 3 is 2.30 bits per heavy atom. The van der Waals surface area contributed by atoms with Crippen molar-refractivity contribution in [2.45, 2.75) is 0 Å². The van der Waals surface area contributed by atoms with Gasteiger partial charge in [0.05, 0.1) is 10.7 Å². The summed E-state index contributed by atoms with van der Waals surface area (Å²) in [6, 6.07) is 4.91. The third kappa shape index (κ3) is 2.85. The molecular weight excluding hydrogens is 293 g/mol. The van der Waals surface area contributed by atoms with Crippen LogP contribution in [0, 0.1) is 17.5 Å². The highest BCUT2D eigenvalue weighted by molar-refractivity contribution is 6.33. The van der Waals surface area contributed by atoms with Crippen molar-refractivity contribution in [1.82, 2.24) is 0 Å². The van der Waals surface area contributed by atoms with Crippen LogP contribution in [0.4, 0.5) is 24.5 Å². The Balaban J connectivity index is 2.31. The summed E-state index contributed by atoms with van der Waals surface area (Å²) in [7, 11) is 0. The van der Waals surface area contributed by atoms with Crippen molar-refractivity contribution in [2.75, 3.05) is 11.1 Å². The van der Waals surface area contributed by atoms with Crippen LogP contribution in [0.25, 0.3) is 0 Å². The summed E-state index contributed by atoms with van der Waals surface area (Å²) in [6.07, 6.45) is 0. The predicted octanol–water partition coefficient (Wildman–Crippen LogP) is 3.59. The minimum Gasteiger partial charge on any atom is -0.394 e. The third-order valence-corrected chi connectivity index (χ3v) is 2.85. The minimum atomic E-state index is -1.06. The summed E-state index contributed by atoms with van der Waals surface area (Å²) < 4.78 is 39.5. The van der Waals surface area contributed by atoms with E-state index < -0.39 is 29.0 Å². The lowest BCUT2D eigenvalue weighted by Gasteiger charge is -2.08. The molecule has 2 rings (SSSR count). The molecule has 0 bridgehead atoms. The fraction of sp³-hybridized carbons (Fsp3) is 0. The molecular formula is C13H8ClF3N2O. The molecule has 0 spiro atoms. The Labute approximate surface area is 117 Å². The number of hydrogen-bond donors (Lipinski definition) is 2. The zero-order valence-electron chi connectivity index (χ0n) is 9.88. The van der Waals surface area contributed by atoms with E-state index in [1.807, 2.05) is 0 Å². The van der Waals surface area contributed by atoms with Crippen molar-refractivity contribution < 1.29 is 18.0 Å². The molecule has 0 aliphatic carbocycles. The highest BCUT2D eigenvalue weighted by atomic mass is 35.5. The van der Waals surface area contributed by atoms with Crippen LogP contribution in [0.2, 0.25) is 5.02 Å². The number of nitrogens with two attached hydrogens (primary N) is 1. The van der Waals surface area contributed by atoms with Gasteiger partial charge in [-0.3, -0.25) is 4.79 Å². The lowest BCUT2D eigenvalue weighted by molar-refractivity contribution is 0.102. The summed E-state index contributed by atoms with van der Waals surface area (Å²) in [5.74, 6) is -3.56. The average molecular weight is 301 g/mol. The minimum absolute atomic E-state index is 0.00527. The Kier molecular flexibility index (Phi) is 3.85. The first-order chi connectivity index (χ1) is 9.38. The molecule has 3 nitrogen and oxygen atoms in total. The standard InChI is InChI=1S/C13H8ClF3N2O/c14-8-2-1-7(15)5-11(8)19-13(20)6-3-9(16)12(18)10(17)4-6/h1-5H,18H2,(H,19,20). The number of nitrogen functional groups attached to an aromatic ring is 1. The second-order valence-electron chi connectivity index (χ2n) is 3.93. The molecule has 0 radical (unpaired) electrons. The molecule has 0 aliphatic heterocycles. The summed E-state index contributed by atoms with van der Waals surface area (Å²) >= 11 is 5.77. The molecule has 3 N–H and O–H groups in total. The van der Waals surface area contributed by atoms with E-state index in [1.54, 1.807) is 0 Å². The molecule has 2 aromatic carbocycles. The monoisotopic (exact) mass is 300 g/mol. The molecule has 1 amide bonds. The van der Waals surface area contributed by atoms with Gasteiger partial charge < -0.3 is 11.1 Å². The maximum absolute atomic E-state index is 13.3. The van der Waals surface area contributed by atoms with Gasteiger partial charge in [0.25, 0.3) is 5.91 Å². The molecule has 0 fully saturated rings. The number of carbonyl (C=O) groups excluding carboxylic acids is 1. The van der Waals surface area contributed by atoms with Gasteiger partial charge in [0, 0.05) is 5.56 Å². The van der Waals surface area contributed by atoms with E-state index in [-0.39, 0.29) is 16.3 Å². The normalized spacial score (nSPS) is 10.4. The lowest BCUT2D eigenvalue weighted by Crippen LogP contribution is -2.13. The SMILES string of the molecule is Nc1c(F)cc(C(=O)Nc2cc(F)ccc2Cl)cc1F. The van der Waals surface area contributed by atoms with E-state index in [0.717, 1.165) is 24.3 Å². The highest BCUT2D eigenvalue weighted by Gasteiger charge is 2.14. The quantitative estimate of drug-likeness (QED) is 0.833. The van der Waals surface area contributed by atoms with Crippen LogP contribution in [-0.4, -0.2) is 5.91 Å². The maximum atomic E-state index is 13.3. The van der Waals surface area contributed by atoms with Crippen LogP contribution >= 0.6 is 11.6 Å². The Hall–Kier alpha value is -2.21. The lowest BCUT2D eigenvalue weighted by atomic mass is 10.1. The van der Waals surface area contributed by atoms with Crippen molar-refractivity contribution in [3.8, 4) is 0 Å². The maximum Gasteiger partial charge on any atom is 0.255 e. The summed E-state index contributed by atoms with van der Waals surface area (Å²) in [5.41, 5.74) is 4.12. The zero-order chi connectivity index (χ0) is 14.9. The largest absolute Gasteiger partial charge is 0.394 e. The molecule has 0 aliphatic rings. The zero-order valence-corrected chi connectivity index (χ0v) is 10.6. The fourth-order valence-corrected chi connectivity index (χ4v) is 1.67. The average Bonchev–Trinajstić information content (AvgIpc) is 2.39. The predicted molar refractivity (Wildman–Crippen MR) is 70.1 cm³/mol. The van der Waals surface area contributed by atoms with E-state index >= 15 is 0 Å². The van der Waals surface area contributed by atoms with Gasteiger partial charge in [0.2, 0.25) is 0 Å². The molecule has 0 saturated carbocycles. The molecule has 2 aromatic rings. The van der Waals surface area contributed by atoms with Gasteiger partial charge in [-0.2, -0.15) is 0 Å². The number of anilines is 2.